The van der Waals surface area contributed by atoms with Gasteiger partial charge in [0.25, 0.3) is 0 Å². The number of cyclic esters (lactones) is 1. The maximum atomic E-state index is 11.9. The molecular weight excluding hydrogens is 292 g/mol. The highest BCUT2D eigenvalue weighted by Crippen LogP contribution is 2.20. The van der Waals surface area contributed by atoms with Gasteiger partial charge in [-0.15, -0.1) is 0 Å². The highest BCUT2D eigenvalue weighted by Gasteiger charge is 2.24. The summed E-state index contributed by atoms with van der Waals surface area (Å²) in [5.74, 6) is 0.531. The third-order valence-electron chi connectivity index (χ3n) is 3.06. The van der Waals surface area contributed by atoms with Crippen molar-refractivity contribution in [2.75, 3.05) is 0 Å². The minimum atomic E-state index is -0.479. The van der Waals surface area contributed by atoms with Gasteiger partial charge in [0, 0.05) is 6.20 Å². The lowest BCUT2D eigenvalue weighted by atomic mass is 10.2. The largest absolute Gasteiger partial charge is 0.491 e. The number of hydrogen-bond acceptors (Lipinski definition) is 5. The molecule has 0 spiro atoms. The lowest BCUT2D eigenvalue weighted by Gasteiger charge is -2.09. The van der Waals surface area contributed by atoms with Crippen LogP contribution in [0.3, 0.4) is 0 Å². The van der Waals surface area contributed by atoms with E-state index in [0.29, 0.717) is 5.69 Å². The lowest BCUT2D eigenvalue weighted by Crippen LogP contribution is -2.06. The Balaban J connectivity index is 1.82. The summed E-state index contributed by atoms with van der Waals surface area (Å²) in [5, 5.41) is 0. The number of nitrogens with zero attached hydrogens (tertiary/aromatic N) is 2. The molecule has 5 heteroatoms. The minimum absolute atomic E-state index is 0.120. The van der Waals surface area contributed by atoms with Crippen molar-refractivity contribution in [3.63, 3.8) is 0 Å². The molecule has 0 radical (unpaired) electrons. The van der Waals surface area contributed by atoms with Crippen LogP contribution in [-0.4, -0.2) is 23.0 Å². The van der Waals surface area contributed by atoms with Gasteiger partial charge in [0.15, 0.2) is 5.70 Å². The van der Waals surface area contributed by atoms with Crippen LogP contribution in [-0.2, 0) is 9.53 Å². The molecule has 0 saturated heterocycles. The first-order valence-corrected chi connectivity index (χ1v) is 7.32. The number of pyridine rings is 1. The summed E-state index contributed by atoms with van der Waals surface area (Å²) in [4.78, 5) is 20.3. The summed E-state index contributed by atoms with van der Waals surface area (Å²) in [6.07, 6.45) is 3.42. The van der Waals surface area contributed by atoms with Crippen LogP contribution in [0.2, 0.25) is 0 Å². The second-order valence-corrected chi connectivity index (χ2v) is 5.29. The number of benzene rings is 1. The monoisotopic (exact) mass is 308 g/mol. The number of carbonyl (C=O) groups excluding carboxylic acids is 1. The normalized spacial score (nSPS) is 15.7. The Morgan fingerprint density at radius 2 is 1.91 bits per heavy atom. The topological polar surface area (TPSA) is 60.8 Å². The van der Waals surface area contributed by atoms with Gasteiger partial charge in [-0.1, -0.05) is 18.2 Å². The summed E-state index contributed by atoms with van der Waals surface area (Å²) in [6, 6.07) is 12.8. The highest BCUT2D eigenvalue weighted by molar-refractivity contribution is 6.12. The SMILES string of the molecule is CC(C)Oc1ccc(/C=C2/N=C(c3ccccn3)OC2=O)cc1. The minimum Gasteiger partial charge on any atom is -0.491 e. The molecule has 1 aliphatic rings. The molecule has 0 saturated carbocycles. The number of carbonyl (C=O) groups is 1. The van der Waals surface area contributed by atoms with Gasteiger partial charge in [0.1, 0.15) is 11.4 Å². The third kappa shape index (κ3) is 3.63. The van der Waals surface area contributed by atoms with Crippen LogP contribution >= 0.6 is 0 Å². The smallest absolute Gasteiger partial charge is 0.363 e. The number of aliphatic imine (C=N–C) groups is 1. The van der Waals surface area contributed by atoms with E-state index < -0.39 is 5.97 Å². The van der Waals surface area contributed by atoms with E-state index in [4.69, 9.17) is 9.47 Å². The highest BCUT2D eigenvalue weighted by atomic mass is 16.6. The summed E-state index contributed by atoms with van der Waals surface area (Å²) >= 11 is 0. The summed E-state index contributed by atoms with van der Waals surface area (Å²) < 4.78 is 10.8. The zero-order chi connectivity index (χ0) is 16.2. The van der Waals surface area contributed by atoms with E-state index in [2.05, 4.69) is 9.98 Å². The van der Waals surface area contributed by atoms with E-state index in [1.807, 2.05) is 44.2 Å². The number of aromatic nitrogens is 1. The molecule has 0 bridgehead atoms. The quantitative estimate of drug-likeness (QED) is 0.643. The fourth-order valence-corrected chi connectivity index (χ4v) is 2.08. The van der Waals surface area contributed by atoms with Gasteiger partial charge in [-0.3, -0.25) is 4.98 Å². The number of esters is 1. The average Bonchev–Trinajstić information content (AvgIpc) is 2.91. The van der Waals surface area contributed by atoms with Crippen LogP contribution in [0.25, 0.3) is 6.08 Å². The van der Waals surface area contributed by atoms with Crippen molar-refractivity contribution in [3.8, 4) is 5.75 Å². The Hall–Kier alpha value is -2.95. The van der Waals surface area contributed by atoms with Gasteiger partial charge >= 0.3 is 5.97 Å². The van der Waals surface area contributed by atoms with E-state index in [-0.39, 0.29) is 17.7 Å². The summed E-state index contributed by atoms with van der Waals surface area (Å²) in [5.41, 5.74) is 1.63. The molecule has 3 rings (SSSR count). The molecule has 2 aromatic rings. The fourth-order valence-electron chi connectivity index (χ4n) is 2.08. The molecule has 0 unspecified atom stereocenters. The van der Waals surface area contributed by atoms with Crippen molar-refractivity contribution >= 4 is 17.9 Å². The zero-order valence-corrected chi connectivity index (χ0v) is 12.9. The van der Waals surface area contributed by atoms with Crippen LogP contribution in [0, 0.1) is 0 Å². The Bertz CT molecular complexity index is 763. The van der Waals surface area contributed by atoms with Crippen molar-refractivity contribution in [2.45, 2.75) is 20.0 Å². The van der Waals surface area contributed by atoms with Crippen LogP contribution in [0.1, 0.15) is 25.1 Å². The molecular formula is C18H16N2O3. The first-order chi connectivity index (χ1) is 11.1. The van der Waals surface area contributed by atoms with E-state index in [1.54, 1.807) is 24.4 Å². The molecule has 1 aliphatic heterocycles. The van der Waals surface area contributed by atoms with E-state index in [9.17, 15) is 4.79 Å². The molecule has 0 atom stereocenters. The van der Waals surface area contributed by atoms with Gasteiger partial charge in [-0.05, 0) is 49.8 Å². The third-order valence-corrected chi connectivity index (χ3v) is 3.06. The predicted octanol–water partition coefficient (Wildman–Crippen LogP) is 3.21. The number of hydrogen-bond donors (Lipinski definition) is 0. The Labute approximate surface area is 134 Å². The van der Waals surface area contributed by atoms with Crippen molar-refractivity contribution < 1.29 is 14.3 Å². The van der Waals surface area contributed by atoms with Crippen molar-refractivity contribution in [1.82, 2.24) is 4.98 Å². The maximum absolute atomic E-state index is 11.9. The molecule has 23 heavy (non-hydrogen) atoms. The summed E-state index contributed by atoms with van der Waals surface area (Å²) in [6.45, 7) is 3.94. The fraction of sp³-hybridized carbons (Fsp3) is 0.167. The van der Waals surface area contributed by atoms with E-state index in [1.165, 1.54) is 0 Å². The molecule has 116 valence electrons. The number of rotatable bonds is 4. The van der Waals surface area contributed by atoms with Gasteiger partial charge in [0.05, 0.1) is 6.10 Å². The van der Waals surface area contributed by atoms with E-state index in [0.717, 1.165) is 11.3 Å². The number of ether oxygens (including phenoxy) is 2. The second kappa shape index (κ2) is 6.44. The lowest BCUT2D eigenvalue weighted by molar-refractivity contribution is -0.129. The standard InChI is InChI=1S/C18H16N2O3/c1-12(2)22-14-8-6-13(7-9-14)11-16-18(21)23-17(20-16)15-5-3-4-10-19-15/h3-12H,1-2H3/b16-11+. The average molecular weight is 308 g/mol. The van der Waals surface area contributed by atoms with Gasteiger partial charge in [-0.25, -0.2) is 9.79 Å². The zero-order valence-electron chi connectivity index (χ0n) is 12.9. The molecule has 0 aliphatic carbocycles. The van der Waals surface area contributed by atoms with E-state index >= 15 is 0 Å². The summed E-state index contributed by atoms with van der Waals surface area (Å²) in [7, 11) is 0. The van der Waals surface area contributed by atoms with Gasteiger partial charge < -0.3 is 9.47 Å². The Kier molecular flexibility index (Phi) is 4.19. The molecule has 0 fully saturated rings. The first-order valence-electron chi connectivity index (χ1n) is 7.32. The van der Waals surface area contributed by atoms with Gasteiger partial charge in [0.2, 0.25) is 5.90 Å². The maximum Gasteiger partial charge on any atom is 0.363 e. The predicted molar refractivity (Wildman–Crippen MR) is 87.0 cm³/mol. The van der Waals surface area contributed by atoms with Crippen LogP contribution in [0.5, 0.6) is 5.75 Å². The molecule has 1 aromatic carbocycles. The molecule has 1 aromatic heterocycles. The van der Waals surface area contributed by atoms with Crippen LogP contribution < -0.4 is 4.74 Å². The van der Waals surface area contributed by atoms with Crippen LogP contribution in [0.15, 0.2) is 59.4 Å². The second-order valence-electron chi connectivity index (χ2n) is 5.29. The Morgan fingerprint density at radius 3 is 2.57 bits per heavy atom. The first kappa shape index (κ1) is 15.0. The molecule has 0 amide bonds. The molecule has 5 nitrogen and oxygen atoms in total. The molecule has 0 N–H and O–H groups in total. The Morgan fingerprint density at radius 1 is 1.13 bits per heavy atom. The van der Waals surface area contributed by atoms with Gasteiger partial charge in [-0.2, -0.15) is 0 Å². The van der Waals surface area contributed by atoms with Crippen molar-refractivity contribution in [1.29, 1.82) is 0 Å². The van der Waals surface area contributed by atoms with Crippen LogP contribution in [0.4, 0.5) is 0 Å². The van der Waals surface area contributed by atoms with Crippen molar-refractivity contribution in [2.24, 2.45) is 4.99 Å². The van der Waals surface area contributed by atoms with Crippen molar-refractivity contribution in [3.05, 3.63) is 65.6 Å². The molecule has 2 heterocycles.